The predicted octanol–water partition coefficient (Wildman–Crippen LogP) is 0.862. The van der Waals surface area contributed by atoms with Crippen LogP contribution in [0.25, 0.3) is 0 Å². The van der Waals surface area contributed by atoms with Gasteiger partial charge in [0, 0.05) is 0 Å². The summed E-state index contributed by atoms with van der Waals surface area (Å²) in [5.74, 6) is 0. The summed E-state index contributed by atoms with van der Waals surface area (Å²) in [5, 5.41) is 0. The van der Waals surface area contributed by atoms with E-state index in [9.17, 15) is 4.57 Å². The molecule has 0 saturated heterocycles. The Bertz CT molecular complexity index is 110. The van der Waals surface area contributed by atoms with Gasteiger partial charge in [-0.25, -0.2) is 10.1 Å². The molecular formula is C4H12NO3P. The van der Waals surface area contributed by atoms with Crippen LogP contribution in [0.15, 0.2) is 0 Å². The van der Waals surface area contributed by atoms with Crippen LogP contribution in [-0.2, 0) is 9.09 Å². The van der Waals surface area contributed by atoms with Crippen LogP contribution in [0.2, 0.25) is 0 Å². The highest BCUT2D eigenvalue weighted by Gasteiger charge is 2.08. The van der Waals surface area contributed by atoms with Gasteiger partial charge in [0.05, 0.1) is 6.61 Å². The summed E-state index contributed by atoms with van der Waals surface area (Å²) in [6, 6.07) is 0. The average molecular weight is 153 g/mol. The molecule has 0 aromatic rings. The van der Waals surface area contributed by atoms with E-state index in [0.29, 0.717) is 0 Å². The van der Waals surface area contributed by atoms with Gasteiger partial charge in [0.2, 0.25) is 0 Å². The number of hydrogen-bond acceptors (Lipinski definition) is 2. The summed E-state index contributed by atoms with van der Waals surface area (Å²) >= 11 is 0. The minimum atomic E-state index is -3.70. The Morgan fingerprint density at radius 1 is 1.78 bits per heavy atom. The third-order valence-corrected chi connectivity index (χ3v) is 1.33. The molecule has 0 aromatic carbocycles. The molecule has 0 bridgehead atoms. The number of nitrogens with two attached hydrogens (primary N) is 1. The van der Waals surface area contributed by atoms with Gasteiger partial charge in [-0.3, -0.25) is 4.52 Å². The summed E-state index contributed by atoms with van der Waals surface area (Å²) in [6.45, 7) is 2.23. The molecule has 0 aliphatic heterocycles. The molecular weight excluding hydrogens is 141 g/mol. The van der Waals surface area contributed by atoms with Crippen molar-refractivity contribution in [3.8, 4) is 0 Å². The van der Waals surface area contributed by atoms with Crippen LogP contribution in [0.5, 0.6) is 0 Å². The van der Waals surface area contributed by atoms with E-state index in [1.807, 2.05) is 6.92 Å². The highest BCUT2D eigenvalue weighted by Crippen LogP contribution is 2.30. The standard InChI is InChI=1S/C4H12NO3P/c1-2-3-4-8-9(5,6)7/h2-4H2,1H3,(H3,5,6,7). The van der Waals surface area contributed by atoms with Gasteiger partial charge < -0.3 is 4.89 Å². The maximum atomic E-state index is 10.2. The predicted molar refractivity (Wildman–Crippen MR) is 34.9 cm³/mol. The molecule has 0 amide bonds. The molecule has 1 unspecified atom stereocenters. The molecule has 1 atom stereocenters. The van der Waals surface area contributed by atoms with Crippen LogP contribution in [0.4, 0.5) is 0 Å². The first-order valence-electron chi connectivity index (χ1n) is 2.82. The Kier molecular flexibility index (Phi) is 4.06. The Labute approximate surface area is 54.6 Å². The molecule has 0 aliphatic carbocycles. The third kappa shape index (κ3) is 8.11. The molecule has 0 radical (unpaired) electrons. The van der Waals surface area contributed by atoms with Crippen molar-refractivity contribution in [2.75, 3.05) is 6.61 Å². The molecule has 0 heterocycles. The molecule has 5 heteroatoms. The molecule has 0 aromatic heterocycles. The molecule has 4 nitrogen and oxygen atoms in total. The van der Waals surface area contributed by atoms with Gasteiger partial charge in [-0.2, -0.15) is 0 Å². The SMILES string of the molecule is CCCCOP(N)(=O)O. The van der Waals surface area contributed by atoms with Gasteiger partial charge in [0.15, 0.2) is 0 Å². The van der Waals surface area contributed by atoms with E-state index >= 15 is 0 Å². The quantitative estimate of drug-likeness (QED) is 0.464. The van der Waals surface area contributed by atoms with E-state index in [2.05, 4.69) is 10.0 Å². The minimum absolute atomic E-state index is 0.265. The van der Waals surface area contributed by atoms with Gasteiger partial charge in [0.25, 0.3) is 0 Å². The van der Waals surface area contributed by atoms with Crippen molar-refractivity contribution in [3.05, 3.63) is 0 Å². The van der Waals surface area contributed by atoms with Crippen LogP contribution in [-0.4, -0.2) is 11.5 Å². The number of rotatable bonds is 4. The van der Waals surface area contributed by atoms with E-state index in [0.717, 1.165) is 12.8 Å². The van der Waals surface area contributed by atoms with Gasteiger partial charge in [0.1, 0.15) is 0 Å². The summed E-state index contributed by atoms with van der Waals surface area (Å²) in [6.07, 6.45) is 1.70. The summed E-state index contributed by atoms with van der Waals surface area (Å²) in [4.78, 5) is 8.36. The van der Waals surface area contributed by atoms with Crippen molar-refractivity contribution in [3.63, 3.8) is 0 Å². The largest absolute Gasteiger partial charge is 0.400 e. The van der Waals surface area contributed by atoms with Crippen molar-refractivity contribution in [1.29, 1.82) is 0 Å². The summed E-state index contributed by atoms with van der Waals surface area (Å²) in [5.41, 5.74) is 4.67. The van der Waals surface area contributed by atoms with Gasteiger partial charge >= 0.3 is 7.75 Å². The molecule has 9 heavy (non-hydrogen) atoms. The lowest BCUT2D eigenvalue weighted by Crippen LogP contribution is -1.99. The van der Waals surface area contributed by atoms with Gasteiger partial charge in [-0.15, -0.1) is 0 Å². The van der Waals surface area contributed by atoms with Crippen molar-refractivity contribution in [2.24, 2.45) is 5.50 Å². The molecule has 3 N–H and O–H groups in total. The van der Waals surface area contributed by atoms with Crippen molar-refractivity contribution in [2.45, 2.75) is 19.8 Å². The van der Waals surface area contributed by atoms with E-state index in [1.165, 1.54) is 0 Å². The maximum Gasteiger partial charge on any atom is 0.400 e. The second kappa shape index (κ2) is 4.01. The van der Waals surface area contributed by atoms with Crippen molar-refractivity contribution < 1.29 is 14.0 Å². The molecule has 0 aliphatic rings. The fourth-order valence-corrected chi connectivity index (χ4v) is 0.730. The lowest BCUT2D eigenvalue weighted by atomic mass is 10.4. The van der Waals surface area contributed by atoms with E-state index in [-0.39, 0.29) is 6.61 Å². The number of hydrogen-bond donors (Lipinski definition) is 2. The number of unbranched alkanes of at least 4 members (excludes halogenated alkanes) is 1. The van der Waals surface area contributed by atoms with Gasteiger partial charge in [-0.05, 0) is 6.42 Å². The first-order chi connectivity index (χ1) is 4.06. The second-order valence-electron chi connectivity index (χ2n) is 1.75. The smallest absolute Gasteiger partial charge is 0.313 e. The summed E-state index contributed by atoms with van der Waals surface area (Å²) in [7, 11) is -3.70. The van der Waals surface area contributed by atoms with E-state index in [1.54, 1.807) is 0 Å². The monoisotopic (exact) mass is 153 g/mol. The zero-order valence-corrected chi connectivity index (χ0v) is 6.30. The molecule has 56 valence electrons. The van der Waals surface area contributed by atoms with E-state index in [4.69, 9.17) is 4.89 Å². The second-order valence-corrected chi connectivity index (χ2v) is 3.14. The van der Waals surface area contributed by atoms with Crippen LogP contribution in [0, 0.1) is 0 Å². The normalized spacial score (nSPS) is 17.2. The highest BCUT2D eigenvalue weighted by molar-refractivity contribution is 7.50. The zero-order valence-electron chi connectivity index (χ0n) is 5.41. The van der Waals surface area contributed by atoms with Crippen LogP contribution < -0.4 is 5.50 Å². The zero-order chi connectivity index (χ0) is 7.33. The third-order valence-electron chi connectivity index (χ3n) is 0.774. The molecule has 0 fully saturated rings. The lowest BCUT2D eigenvalue weighted by molar-refractivity contribution is 0.256. The Morgan fingerprint density at radius 2 is 2.33 bits per heavy atom. The first-order valence-corrected chi connectivity index (χ1v) is 4.47. The van der Waals surface area contributed by atoms with Gasteiger partial charge in [-0.1, -0.05) is 13.3 Å². The minimum Gasteiger partial charge on any atom is -0.313 e. The summed E-state index contributed by atoms with van der Waals surface area (Å²) < 4.78 is 14.6. The lowest BCUT2D eigenvalue weighted by Gasteiger charge is -2.03. The van der Waals surface area contributed by atoms with E-state index < -0.39 is 7.75 Å². The van der Waals surface area contributed by atoms with Crippen molar-refractivity contribution >= 4 is 7.75 Å². The fraction of sp³-hybridized carbons (Fsp3) is 1.00. The Hall–Kier alpha value is 0.110. The molecule has 0 rings (SSSR count). The Morgan fingerprint density at radius 3 is 2.67 bits per heavy atom. The maximum absolute atomic E-state index is 10.2. The average Bonchev–Trinajstić information content (AvgIpc) is 1.63. The van der Waals surface area contributed by atoms with Crippen molar-refractivity contribution in [1.82, 2.24) is 0 Å². The molecule has 0 spiro atoms. The highest BCUT2D eigenvalue weighted by atomic mass is 31.2. The van der Waals surface area contributed by atoms with Crippen LogP contribution in [0.3, 0.4) is 0 Å². The van der Waals surface area contributed by atoms with Crippen LogP contribution in [0.1, 0.15) is 19.8 Å². The Balaban J connectivity index is 3.18. The first kappa shape index (κ1) is 9.11. The molecule has 0 saturated carbocycles. The topological polar surface area (TPSA) is 72.5 Å². The fourth-order valence-electron chi connectivity index (χ4n) is 0.340. The van der Waals surface area contributed by atoms with Crippen LogP contribution >= 0.6 is 7.75 Å².